The van der Waals surface area contributed by atoms with Crippen LogP contribution in [0.15, 0.2) is 53.6 Å². The normalized spacial score (nSPS) is 12.0. The van der Waals surface area contributed by atoms with Crippen molar-refractivity contribution in [3.05, 3.63) is 59.1 Å². The molecule has 0 aliphatic heterocycles. The van der Waals surface area contributed by atoms with Gasteiger partial charge in [-0.3, -0.25) is 4.79 Å². The molecule has 150 valence electrons. The maximum atomic E-state index is 12.1. The predicted octanol–water partition coefficient (Wildman–Crippen LogP) is 4.88. The second-order valence-electron chi connectivity index (χ2n) is 6.53. The number of amides is 1. The van der Waals surface area contributed by atoms with Crippen molar-refractivity contribution in [2.75, 3.05) is 18.0 Å². The minimum atomic E-state index is -0.686. The summed E-state index contributed by atoms with van der Waals surface area (Å²) in [6.07, 6.45) is 3.17. The van der Waals surface area contributed by atoms with E-state index in [0.717, 1.165) is 31.5 Å². The first-order chi connectivity index (χ1) is 13.5. The van der Waals surface area contributed by atoms with Crippen LogP contribution in [0, 0.1) is 0 Å². The molecule has 2 aromatic rings. The van der Waals surface area contributed by atoms with Crippen molar-refractivity contribution in [2.45, 2.75) is 39.7 Å². The van der Waals surface area contributed by atoms with Crippen LogP contribution < -0.4 is 15.1 Å². The van der Waals surface area contributed by atoms with Crippen LogP contribution in [0.3, 0.4) is 0 Å². The standard InChI is InChI=1S/C22H28ClN3O2/c1-4-13-26(14-5-2)20-11-9-18(10-12-20)16-24-25-22(27)17(3)28-21-8-6-7-19(23)15-21/h6-12,15-17H,4-5,13-14H2,1-3H3,(H,25,27)/b24-16+/t17-/m0/s1. The third kappa shape index (κ3) is 6.89. The van der Waals surface area contributed by atoms with Gasteiger partial charge in [0.15, 0.2) is 6.10 Å². The average Bonchev–Trinajstić information content (AvgIpc) is 2.68. The third-order valence-corrected chi connectivity index (χ3v) is 4.35. The SMILES string of the molecule is CCCN(CCC)c1ccc(/C=N/NC(=O)[C@H](C)Oc2cccc(Cl)c2)cc1. The molecule has 1 atom stereocenters. The Bertz CT molecular complexity index is 772. The Balaban J connectivity index is 1.88. The van der Waals surface area contributed by atoms with Crippen LogP contribution in [0.5, 0.6) is 5.75 Å². The lowest BCUT2D eigenvalue weighted by atomic mass is 10.2. The fourth-order valence-electron chi connectivity index (χ4n) is 2.74. The van der Waals surface area contributed by atoms with Gasteiger partial charge >= 0.3 is 0 Å². The largest absolute Gasteiger partial charge is 0.481 e. The molecule has 1 N–H and O–H groups in total. The van der Waals surface area contributed by atoms with Crippen molar-refractivity contribution in [1.82, 2.24) is 5.43 Å². The molecule has 0 saturated carbocycles. The highest BCUT2D eigenvalue weighted by Gasteiger charge is 2.14. The minimum Gasteiger partial charge on any atom is -0.481 e. The van der Waals surface area contributed by atoms with Gasteiger partial charge in [-0.1, -0.05) is 43.6 Å². The zero-order valence-electron chi connectivity index (χ0n) is 16.7. The summed E-state index contributed by atoms with van der Waals surface area (Å²) in [5.74, 6) is 0.211. The number of hydrogen-bond acceptors (Lipinski definition) is 4. The maximum Gasteiger partial charge on any atom is 0.280 e. The molecule has 0 heterocycles. The molecule has 0 unspecified atom stereocenters. The summed E-state index contributed by atoms with van der Waals surface area (Å²) in [5, 5.41) is 4.58. The highest BCUT2D eigenvalue weighted by Crippen LogP contribution is 2.18. The van der Waals surface area contributed by atoms with E-state index in [4.69, 9.17) is 16.3 Å². The van der Waals surface area contributed by atoms with Gasteiger partial charge in [0.25, 0.3) is 5.91 Å². The summed E-state index contributed by atoms with van der Waals surface area (Å²) < 4.78 is 5.57. The van der Waals surface area contributed by atoms with E-state index in [-0.39, 0.29) is 5.91 Å². The predicted molar refractivity (Wildman–Crippen MR) is 117 cm³/mol. The number of halogens is 1. The first-order valence-corrected chi connectivity index (χ1v) is 10.0. The number of ether oxygens (including phenoxy) is 1. The monoisotopic (exact) mass is 401 g/mol. The number of carbonyl (C=O) groups is 1. The van der Waals surface area contributed by atoms with E-state index in [2.05, 4.69) is 41.4 Å². The molecule has 0 saturated heterocycles. The van der Waals surface area contributed by atoms with E-state index in [1.54, 1.807) is 37.4 Å². The highest BCUT2D eigenvalue weighted by molar-refractivity contribution is 6.30. The van der Waals surface area contributed by atoms with Gasteiger partial charge in [-0.15, -0.1) is 0 Å². The zero-order valence-corrected chi connectivity index (χ0v) is 17.4. The summed E-state index contributed by atoms with van der Waals surface area (Å²) in [7, 11) is 0. The van der Waals surface area contributed by atoms with E-state index in [1.165, 1.54) is 5.69 Å². The molecular weight excluding hydrogens is 374 g/mol. The van der Waals surface area contributed by atoms with Crippen LogP contribution in [0.25, 0.3) is 0 Å². The van der Waals surface area contributed by atoms with Crippen LogP contribution >= 0.6 is 11.6 Å². The van der Waals surface area contributed by atoms with Gasteiger partial charge < -0.3 is 9.64 Å². The van der Waals surface area contributed by atoms with Crippen molar-refractivity contribution >= 4 is 29.4 Å². The summed E-state index contributed by atoms with van der Waals surface area (Å²) in [6, 6.07) is 15.1. The molecule has 0 spiro atoms. The first kappa shape index (κ1) is 21.8. The van der Waals surface area contributed by atoms with Gasteiger partial charge in [0.1, 0.15) is 5.75 Å². The van der Waals surface area contributed by atoms with Gasteiger partial charge in [0.05, 0.1) is 6.21 Å². The zero-order chi connectivity index (χ0) is 20.4. The molecule has 28 heavy (non-hydrogen) atoms. The minimum absolute atomic E-state index is 0.329. The Hall–Kier alpha value is -2.53. The van der Waals surface area contributed by atoms with Gasteiger partial charge in [-0.05, 0) is 55.7 Å². The van der Waals surface area contributed by atoms with Gasteiger partial charge in [-0.25, -0.2) is 5.43 Å². The van der Waals surface area contributed by atoms with Crippen molar-refractivity contribution in [2.24, 2.45) is 5.10 Å². The molecule has 0 aliphatic rings. The van der Waals surface area contributed by atoms with E-state index in [0.29, 0.717) is 10.8 Å². The second-order valence-corrected chi connectivity index (χ2v) is 6.97. The number of nitrogens with one attached hydrogen (secondary N) is 1. The number of nitrogens with zero attached hydrogens (tertiary/aromatic N) is 2. The summed E-state index contributed by atoms with van der Waals surface area (Å²) in [4.78, 5) is 14.5. The number of hydrazone groups is 1. The number of rotatable bonds is 10. The van der Waals surface area contributed by atoms with E-state index >= 15 is 0 Å². The Kier molecular flexibility index (Phi) is 8.82. The van der Waals surface area contributed by atoms with Crippen LogP contribution in [0.1, 0.15) is 39.2 Å². The smallest absolute Gasteiger partial charge is 0.280 e. The van der Waals surface area contributed by atoms with Crippen molar-refractivity contribution in [3.8, 4) is 5.75 Å². The van der Waals surface area contributed by atoms with E-state index in [1.807, 2.05) is 12.1 Å². The van der Waals surface area contributed by atoms with Gasteiger partial charge in [0.2, 0.25) is 0 Å². The lowest BCUT2D eigenvalue weighted by molar-refractivity contribution is -0.127. The van der Waals surface area contributed by atoms with E-state index < -0.39 is 6.10 Å². The molecule has 0 bridgehead atoms. The topological polar surface area (TPSA) is 53.9 Å². The molecule has 0 aromatic heterocycles. The molecule has 0 fully saturated rings. The number of carbonyl (C=O) groups excluding carboxylic acids is 1. The lowest BCUT2D eigenvalue weighted by Gasteiger charge is -2.23. The Morgan fingerprint density at radius 1 is 1.18 bits per heavy atom. The number of anilines is 1. The summed E-state index contributed by atoms with van der Waals surface area (Å²) >= 11 is 5.92. The molecule has 1 amide bonds. The molecule has 0 aliphatic carbocycles. The molecule has 6 heteroatoms. The first-order valence-electron chi connectivity index (χ1n) is 9.63. The van der Waals surface area contributed by atoms with Crippen LogP contribution in [0.2, 0.25) is 5.02 Å². The van der Waals surface area contributed by atoms with Gasteiger partial charge in [-0.2, -0.15) is 5.10 Å². The van der Waals surface area contributed by atoms with E-state index in [9.17, 15) is 4.79 Å². The molecule has 2 rings (SSSR count). The van der Waals surface area contributed by atoms with Crippen molar-refractivity contribution < 1.29 is 9.53 Å². The molecular formula is C22H28ClN3O2. The molecule has 5 nitrogen and oxygen atoms in total. The summed E-state index contributed by atoms with van der Waals surface area (Å²) in [5.41, 5.74) is 4.63. The lowest BCUT2D eigenvalue weighted by Crippen LogP contribution is -2.33. The van der Waals surface area contributed by atoms with Crippen molar-refractivity contribution in [3.63, 3.8) is 0 Å². The van der Waals surface area contributed by atoms with Crippen molar-refractivity contribution in [1.29, 1.82) is 0 Å². The van der Waals surface area contributed by atoms with Crippen LogP contribution in [0.4, 0.5) is 5.69 Å². The number of hydrogen-bond donors (Lipinski definition) is 1. The molecule has 2 aromatic carbocycles. The highest BCUT2D eigenvalue weighted by atomic mass is 35.5. The molecule has 0 radical (unpaired) electrons. The Labute approximate surface area is 172 Å². The quantitative estimate of drug-likeness (QED) is 0.455. The maximum absolute atomic E-state index is 12.1. The number of benzene rings is 2. The Morgan fingerprint density at radius 3 is 2.46 bits per heavy atom. The summed E-state index contributed by atoms with van der Waals surface area (Å²) in [6.45, 7) is 8.12. The third-order valence-electron chi connectivity index (χ3n) is 4.11. The Morgan fingerprint density at radius 2 is 1.86 bits per heavy atom. The fraction of sp³-hybridized carbons (Fsp3) is 0.364. The van der Waals surface area contributed by atoms with Crippen LogP contribution in [-0.2, 0) is 4.79 Å². The fourth-order valence-corrected chi connectivity index (χ4v) is 2.92. The average molecular weight is 402 g/mol. The van der Waals surface area contributed by atoms with Crippen LogP contribution in [-0.4, -0.2) is 31.3 Å². The second kappa shape index (κ2) is 11.3. The van der Waals surface area contributed by atoms with Gasteiger partial charge in [0, 0.05) is 23.8 Å².